The van der Waals surface area contributed by atoms with Crippen LogP contribution in [0.25, 0.3) is 0 Å². The summed E-state index contributed by atoms with van der Waals surface area (Å²) in [7, 11) is 0. The number of aliphatic hydroxyl groups is 3. The lowest BCUT2D eigenvalue weighted by atomic mass is 9.99. The number of rotatable bonds is 4. The topological polar surface area (TPSA) is 162 Å². The summed E-state index contributed by atoms with van der Waals surface area (Å²) in [6, 6.07) is 3.10. The summed E-state index contributed by atoms with van der Waals surface area (Å²) in [4.78, 5) is 21.1. The largest absolute Gasteiger partial charge is 0.478 e. The number of carbonyl (C=O) groups is 1. The number of nitrogens with zero attached hydrogens (tertiary/aromatic N) is 1. The molecule has 0 bridgehead atoms. The Bertz CT molecular complexity index is 590. The van der Waals surface area contributed by atoms with Crippen LogP contribution in [-0.4, -0.2) is 62.0 Å². The molecule has 0 amide bonds. The molecule has 23 heavy (non-hydrogen) atoms. The fourth-order valence-corrected chi connectivity index (χ4v) is 2.26. The summed E-state index contributed by atoms with van der Waals surface area (Å²) >= 11 is 0. The molecule has 0 aromatic heterocycles. The minimum atomic E-state index is -1.51. The van der Waals surface area contributed by atoms with Gasteiger partial charge in [-0.15, -0.1) is 0 Å². The van der Waals surface area contributed by atoms with Gasteiger partial charge >= 0.3 is 5.97 Å². The van der Waals surface area contributed by atoms with Crippen molar-refractivity contribution in [3.05, 3.63) is 33.9 Å². The Kier molecular flexibility index (Phi) is 4.80. The second-order valence-electron chi connectivity index (χ2n) is 5.21. The number of anilines is 1. The number of nitrogens with one attached hydrogen (secondary N) is 1. The summed E-state index contributed by atoms with van der Waals surface area (Å²) < 4.78 is 5.30. The number of ether oxygens (including phenoxy) is 1. The predicted octanol–water partition coefficient (Wildman–Crippen LogP) is -0.468. The summed E-state index contributed by atoms with van der Waals surface area (Å²) in [6.07, 6.45) is -6.25. The molecule has 126 valence electrons. The molecular formula is C13H16N2O8. The number of hydrogen-bond donors (Lipinski definition) is 5. The van der Waals surface area contributed by atoms with E-state index in [9.17, 15) is 30.2 Å². The Hall–Kier alpha value is -2.27. The number of benzene rings is 1. The highest BCUT2D eigenvalue weighted by Gasteiger charge is 2.41. The Morgan fingerprint density at radius 2 is 1.87 bits per heavy atom. The number of nitro groups is 1. The molecule has 1 fully saturated rings. The smallest absolute Gasteiger partial charge is 0.336 e. The Morgan fingerprint density at radius 1 is 1.22 bits per heavy atom. The quantitative estimate of drug-likeness (QED) is 0.363. The normalized spacial score (nSPS) is 30.7. The van der Waals surface area contributed by atoms with E-state index in [0.717, 1.165) is 18.2 Å². The van der Waals surface area contributed by atoms with Gasteiger partial charge in [-0.3, -0.25) is 10.1 Å². The van der Waals surface area contributed by atoms with Crippen molar-refractivity contribution in [1.29, 1.82) is 0 Å². The van der Waals surface area contributed by atoms with Gasteiger partial charge < -0.3 is 30.5 Å². The average Bonchev–Trinajstić information content (AvgIpc) is 2.50. The van der Waals surface area contributed by atoms with Crippen LogP contribution in [0.15, 0.2) is 18.2 Å². The SMILES string of the molecule is C[C@@H]1O[C@H](Nc2cc(C(=O)O)cc([N+](=O)[O-])c2)[C@H](O)[C@@H](O)[C@H]1O. The van der Waals surface area contributed by atoms with Crippen molar-refractivity contribution >= 4 is 17.3 Å². The minimum absolute atomic E-state index is 0.0245. The Labute approximate surface area is 130 Å². The third kappa shape index (κ3) is 3.56. The zero-order chi connectivity index (χ0) is 17.3. The zero-order valence-corrected chi connectivity index (χ0v) is 12.0. The van der Waals surface area contributed by atoms with E-state index >= 15 is 0 Å². The highest BCUT2D eigenvalue weighted by Crippen LogP contribution is 2.26. The third-order valence-corrected chi connectivity index (χ3v) is 3.54. The molecule has 5 atom stereocenters. The Balaban J connectivity index is 2.28. The highest BCUT2D eigenvalue weighted by molar-refractivity contribution is 5.90. The number of aliphatic hydroxyl groups excluding tert-OH is 3. The van der Waals surface area contributed by atoms with E-state index in [1.807, 2.05) is 0 Å². The maximum Gasteiger partial charge on any atom is 0.336 e. The van der Waals surface area contributed by atoms with Crippen molar-refractivity contribution < 1.29 is 34.9 Å². The van der Waals surface area contributed by atoms with Gasteiger partial charge in [0.2, 0.25) is 0 Å². The first-order chi connectivity index (χ1) is 10.7. The summed E-state index contributed by atoms with van der Waals surface area (Å²) in [5.74, 6) is -1.36. The molecule has 1 heterocycles. The summed E-state index contributed by atoms with van der Waals surface area (Å²) in [5.41, 5.74) is -0.747. The van der Waals surface area contributed by atoms with E-state index in [2.05, 4.69) is 5.32 Å². The number of carboxylic acids is 1. The fourth-order valence-electron chi connectivity index (χ4n) is 2.26. The number of non-ortho nitro benzene ring substituents is 1. The first kappa shape index (κ1) is 17.1. The van der Waals surface area contributed by atoms with Gasteiger partial charge in [-0.05, 0) is 13.0 Å². The van der Waals surface area contributed by atoms with E-state index in [4.69, 9.17) is 9.84 Å². The van der Waals surface area contributed by atoms with E-state index < -0.39 is 47.2 Å². The molecule has 1 aromatic carbocycles. The monoisotopic (exact) mass is 328 g/mol. The van der Waals surface area contributed by atoms with Crippen LogP contribution in [0.3, 0.4) is 0 Å². The lowest BCUT2D eigenvalue weighted by Crippen LogP contribution is -2.58. The van der Waals surface area contributed by atoms with E-state index in [1.54, 1.807) is 0 Å². The van der Waals surface area contributed by atoms with Crippen LogP contribution in [0.1, 0.15) is 17.3 Å². The molecule has 10 heteroatoms. The highest BCUT2D eigenvalue weighted by atomic mass is 16.6. The van der Waals surface area contributed by atoms with Crippen molar-refractivity contribution in [3.63, 3.8) is 0 Å². The van der Waals surface area contributed by atoms with Gasteiger partial charge in [-0.25, -0.2) is 4.79 Å². The van der Waals surface area contributed by atoms with E-state index in [-0.39, 0.29) is 11.3 Å². The molecular weight excluding hydrogens is 312 g/mol. The molecule has 1 saturated heterocycles. The second-order valence-corrected chi connectivity index (χ2v) is 5.21. The second kappa shape index (κ2) is 6.46. The summed E-state index contributed by atoms with van der Waals surface area (Å²) in [6.45, 7) is 1.48. The lowest BCUT2D eigenvalue weighted by molar-refractivity contribution is -0.384. The van der Waals surface area contributed by atoms with Gasteiger partial charge in [-0.1, -0.05) is 0 Å². The van der Waals surface area contributed by atoms with Crippen LogP contribution in [0, 0.1) is 10.1 Å². The molecule has 1 aromatic rings. The fraction of sp³-hybridized carbons (Fsp3) is 0.462. The van der Waals surface area contributed by atoms with Crippen LogP contribution >= 0.6 is 0 Å². The van der Waals surface area contributed by atoms with Crippen molar-refractivity contribution in [2.75, 3.05) is 5.32 Å². The zero-order valence-electron chi connectivity index (χ0n) is 12.0. The number of carboxylic acid groups (broad SMARTS) is 1. The molecule has 1 aliphatic heterocycles. The van der Waals surface area contributed by atoms with Crippen LogP contribution in [0.2, 0.25) is 0 Å². The molecule has 10 nitrogen and oxygen atoms in total. The van der Waals surface area contributed by atoms with Crippen molar-refractivity contribution in [3.8, 4) is 0 Å². The van der Waals surface area contributed by atoms with Crippen molar-refractivity contribution in [1.82, 2.24) is 0 Å². The molecule has 2 rings (SSSR count). The molecule has 0 spiro atoms. The van der Waals surface area contributed by atoms with Gasteiger partial charge in [0.05, 0.1) is 16.6 Å². The molecule has 0 unspecified atom stereocenters. The van der Waals surface area contributed by atoms with Crippen LogP contribution in [0.5, 0.6) is 0 Å². The molecule has 0 aliphatic carbocycles. The lowest BCUT2D eigenvalue weighted by Gasteiger charge is -2.39. The first-order valence-electron chi connectivity index (χ1n) is 6.69. The number of hydrogen-bond acceptors (Lipinski definition) is 8. The summed E-state index contributed by atoms with van der Waals surface area (Å²) in [5, 5.41) is 51.7. The van der Waals surface area contributed by atoms with Crippen LogP contribution in [0.4, 0.5) is 11.4 Å². The average molecular weight is 328 g/mol. The van der Waals surface area contributed by atoms with Gasteiger partial charge in [0.15, 0.2) is 6.23 Å². The maximum absolute atomic E-state index is 11.0. The van der Waals surface area contributed by atoms with Gasteiger partial charge in [0, 0.05) is 17.8 Å². The van der Waals surface area contributed by atoms with Crippen LogP contribution in [-0.2, 0) is 4.74 Å². The minimum Gasteiger partial charge on any atom is -0.478 e. The maximum atomic E-state index is 11.0. The molecule has 0 radical (unpaired) electrons. The standard InChI is InChI=1S/C13H16N2O8/c1-5-9(16)10(17)11(18)12(23-5)14-7-2-6(13(19)20)3-8(4-7)15(21)22/h2-5,9-12,14,16-18H,1H3,(H,19,20)/t5-,9-,10-,11+,12-/m0/s1. The number of aromatic carboxylic acids is 1. The van der Waals surface area contributed by atoms with Gasteiger partial charge in [0.25, 0.3) is 5.69 Å². The number of nitro benzene ring substituents is 1. The van der Waals surface area contributed by atoms with Crippen molar-refractivity contribution in [2.24, 2.45) is 0 Å². The van der Waals surface area contributed by atoms with Gasteiger partial charge in [0.1, 0.15) is 18.3 Å². The predicted molar refractivity (Wildman–Crippen MR) is 76.0 cm³/mol. The third-order valence-electron chi connectivity index (χ3n) is 3.54. The molecule has 5 N–H and O–H groups in total. The first-order valence-corrected chi connectivity index (χ1v) is 6.69. The van der Waals surface area contributed by atoms with E-state index in [1.165, 1.54) is 6.92 Å². The van der Waals surface area contributed by atoms with E-state index in [0.29, 0.717) is 0 Å². The Morgan fingerprint density at radius 3 is 2.43 bits per heavy atom. The van der Waals surface area contributed by atoms with Crippen LogP contribution < -0.4 is 5.32 Å². The van der Waals surface area contributed by atoms with Gasteiger partial charge in [-0.2, -0.15) is 0 Å². The van der Waals surface area contributed by atoms with Crippen molar-refractivity contribution in [2.45, 2.75) is 37.6 Å². The molecule has 1 aliphatic rings. The molecule has 0 saturated carbocycles.